The van der Waals surface area contributed by atoms with Crippen LogP contribution in [0.2, 0.25) is 0 Å². The van der Waals surface area contributed by atoms with Gasteiger partial charge in [0.25, 0.3) is 0 Å². The molecule has 4 rings (SSSR count). The van der Waals surface area contributed by atoms with Crippen molar-refractivity contribution in [2.75, 3.05) is 14.2 Å². The molecule has 1 N–H and O–H groups in total. The second-order valence-electron chi connectivity index (χ2n) is 6.09. The van der Waals surface area contributed by atoms with Gasteiger partial charge in [0.15, 0.2) is 11.5 Å². The second-order valence-corrected chi connectivity index (χ2v) is 6.09. The second kappa shape index (κ2) is 6.48. The highest BCUT2D eigenvalue weighted by molar-refractivity contribution is 6.11. The molecule has 126 valence electrons. The number of hydrogen-bond donors (Lipinski definition) is 1. The van der Waals surface area contributed by atoms with Crippen molar-refractivity contribution >= 4 is 16.5 Å². The van der Waals surface area contributed by atoms with Gasteiger partial charge in [0.05, 0.1) is 26.0 Å². The molecule has 4 nitrogen and oxygen atoms in total. The fraction of sp³-hybridized carbons (Fsp3) is 0.190. The van der Waals surface area contributed by atoms with E-state index in [1.54, 1.807) is 14.2 Å². The summed E-state index contributed by atoms with van der Waals surface area (Å²) >= 11 is 0. The van der Waals surface area contributed by atoms with Gasteiger partial charge in [-0.2, -0.15) is 5.10 Å². The first-order valence-corrected chi connectivity index (χ1v) is 8.32. The average Bonchev–Trinajstić information content (AvgIpc) is 3.17. The van der Waals surface area contributed by atoms with Crippen LogP contribution < -0.4 is 14.9 Å². The van der Waals surface area contributed by atoms with Gasteiger partial charge in [-0.15, -0.1) is 0 Å². The third-order valence-electron chi connectivity index (χ3n) is 4.66. The number of fused-ring (bicyclic) bond motifs is 1. The van der Waals surface area contributed by atoms with Crippen LogP contribution in [0.5, 0.6) is 11.5 Å². The van der Waals surface area contributed by atoms with E-state index in [1.165, 1.54) is 16.3 Å². The van der Waals surface area contributed by atoms with E-state index in [-0.39, 0.29) is 6.04 Å². The Morgan fingerprint density at radius 1 is 0.920 bits per heavy atom. The Bertz CT molecular complexity index is 944. The smallest absolute Gasteiger partial charge is 0.161 e. The SMILES string of the molecule is COc1ccc(C2CC(c3cccc4ccccc34)=NN2)cc1OC. The normalized spacial score (nSPS) is 16.4. The first-order chi connectivity index (χ1) is 12.3. The Morgan fingerprint density at radius 3 is 2.56 bits per heavy atom. The third-order valence-corrected chi connectivity index (χ3v) is 4.66. The van der Waals surface area contributed by atoms with Gasteiger partial charge in [-0.05, 0) is 28.5 Å². The molecule has 1 aliphatic heterocycles. The topological polar surface area (TPSA) is 42.8 Å². The van der Waals surface area contributed by atoms with Crippen LogP contribution in [0.15, 0.2) is 65.8 Å². The summed E-state index contributed by atoms with van der Waals surface area (Å²) < 4.78 is 10.7. The Hall–Kier alpha value is -3.01. The van der Waals surface area contributed by atoms with Gasteiger partial charge in [0, 0.05) is 12.0 Å². The summed E-state index contributed by atoms with van der Waals surface area (Å²) in [5, 5.41) is 7.07. The van der Waals surface area contributed by atoms with Crippen molar-refractivity contribution < 1.29 is 9.47 Å². The molecule has 0 aromatic heterocycles. The molecular weight excluding hydrogens is 312 g/mol. The molecule has 0 amide bonds. The van der Waals surface area contributed by atoms with Gasteiger partial charge in [-0.1, -0.05) is 48.5 Å². The number of nitrogens with zero attached hydrogens (tertiary/aromatic N) is 1. The third kappa shape index (κ3) is 2.80. The van der Waals surface area contributed by atoms with E-state index < -0.39 is 0 Å². The summed E-state index contributed by atoms with van der Waals surface area (Å²) in [7, 11) is 3.30. The highest BCUT2D eigenvalue weighted by Crippen LogP contribution is 2.33. The molecule has 1 aliphatic rings. The predicted octanol–water partition coefficient (Wildman–Crippen LogP) is 4.30. The van der Waals surface area contributed by atoms with Gasteiger partial charge < -0.3 is 14.9 Å². The van der Waals surface area contributed by atoms with E-state index >= 15 is 0 Å². The molecule has 25 heavy (non-hydrogen) atoms. The van der Waals surface area contributed by atoms with Crippen molar-refractivity contribution in [2.45, 2.75) is 12.5 Å². The number of hydrogen-bond acceptors (Lipinski definition) is 4. The summed E-state index contributed by atoms with van der Waals surface area (Å²) in [4.78, 5) is 0. The Kier molecular flexibility index (Phi) is 4.02. The number of ether oxygens (including phenoxy) is 2. The summed E-state index contributed by atoms with van der Waals surface area (Å²) in [6.07, 6.45) is 0.837. The summed E-state index contributed by atoms with van der Waals surface area (Å²) in [5.41, 5.74) is 6.67. The maximum atomic E-state index is 5.42. The molecule has 0 radical (unpaired) electrons. The molecule has 0 saturated heterocycles. The lowest BCUT2D eigenvalue weighted by Gasteiger charge is -2.14. The van der Waals surface area contributed by atoms with Crippen LogP contribution in [0, 0.1) is 0 Å². The predicted molar refractivity (Wildman–Crippen MR) is 101 cm³/mol. The Labute approximate surface area is 147 Å². The number of methoxy groups -OCH3 is 2. The maximum Gasteiger partial charge on any atom is 0.161 e. The van der Waals surface area contributed by atoms with Crippen LogP contribution in [0.1, 0.15) is 23.6 Å². The van der Waals surface area contributed by atoms with Crippen molar-refractivity contribution in [1.82, 2.24) is 5.43 Å². The minimum atomic E-state index is 0.133. The van der Waals surface area contributed by atoms with Crippen LogP contribution in [0.4, 0.5) is 0 Å². The molecule has 0 saturated carbocycles. The lowest BCUT2D eigenvalue weighted by molar-refractivity contribution is 0.354. The van der Waals surface area contributed by atoms with Crippen molar-refractivity contribution in [3.63, 3.8) is 0 Å². The number of benzene rings is 3. The van der Waals surface area contributed by atoms with Crippen molar-refractivity contribution in [3.8, 4) is 11.5 Å². The lowest BCUT2D eigenvalue weighted by Crippen LogP contribution is -2.10. The van der Waals surface area contributed by atoms with E-state index in [1.807, 2.05) is 12.1 Å². The van der Waals surface area contributed by atoms with E-state index in [4.69, 9.17) is 9.47 Å². The van der Waals surface area contributed by atoms with Gasteiger partial charge in [0.1, 0.15) is 0 Å². The zero-order chi connectivity index (χ0) is 17.2. The first kappa shape index (κ1) is 15.5. The molecule has 0 fully saturated rings. The van der Waals surface area contributed by atoms with E-state index in [0.29, 0.717) is 0 Å². The molecule has 0 aliphatic carbocycles. The standard InChI is InChI=1S/C21H20N2O2/c1-24-20-11-10-15(12-21(20)25-2)18-13-19(23-22-18)17-9-5-7-14-6-3-4-8-16(14)17/h3-12,18,22H,13H2,1-2H3. The monoisotopic (exact) mass is 332 g/mol. The van der Waals surface area contributed by atoms with Crippen LogP contribution in [-0.2, 0) is 0 Å². The molecule has 3 aromatic rings. The number of hydrazone groups is 1. The summed E-state index contributed by atoms with van der Waals surface area (Å²) in [5.74, 6) is 1.47. The Balaban J connectivity index is 1.63. The number of nitrogens with one attached hydrogen (secondary N) is 1. The van der Waals surface area contributed by atoms with Gasteiger partial charge >= 0.3 is 0 Å². The fourth-order valence-corrected chi connectivity index (χ4v) is 3.35. The van der Waals surface area contributed by atoms with Gasteiger partial charge in [-0.3, -0.25) is 0 Å². The highest BCUT2D eigenvalue weighted by Gasteiger charge is 2.23. The molecule has 3 aromatic carbocycles. The maximum absolute atomic E-state index is 5.42. The lowest BCUT2D eigenvalue weighted by atomic mass is 9.95. The van der Waals surface area contributed by atoms with Crippen LogP contribution >= 0.6 is 0 Å². The van der Waals surface area contributed by atoms with Crippen LogP contribution in [0.3, 0.4) is 0 Å². The van der Waals surface area contributed by atoms with Gasteiger partial charge in [-0.25, -0.2) is 0 Å². The zero-order valence-corrected chi connectivity index (χ0v) is 14.3. The fourth-order valence-electron chi connectivity index (χ4n) is 3.35. The minimum Gasteiger partial charge on any atom is -0.493 e. The molecule has 0 spiro atoms. The van der Waals surface area contributed by atoms with E-state index in [2.05, 4.69) is 59.1 Å². The largest absolute Gasteiger partial charge is 0.493 e. The van der Waals surface area contributed by atoms with E-state index in [0.717, 1.165) is 29.2 Å². The summed E-state index contributed by atoms with van der Waals surface area (Å²) in [6, 6.07) is 20.9. The quantitative estimate of drug-likeness (QED) is 0.775. The minimum absolute atomic E-state index is 0.133. The van der Waals surface area contributed by atoms with Crippen molar-refractivity contribution in [3.05, 3.63) is 71.8 Å². The molecule has 0 bridgehead atoms. The van der Waals surface area contributed by atoms with E-state index in [9.17, 15) is 0 Å². The molecule has 4 heteroatoms. The average molecular weight is 332 g/mol. The Morgan fingerprint density at radius 2 is 1.72 bits per heavy atom. The highest BCUT2D eigenvalue weighted by atomic mass is 16.5. The van der Waals surface area contributed by atoms with Crippen LogP contribution in [-0.4, -0.2) is 19.9 Å². The zero-order valence-electron chi connectivity index (χ0n) is 14.3. The molecular formula is C21H20N2O2. The molecule has 1 heterocycles. The summed E-state index contributed by atoms with van der Waals surface area (Å²) in [6.45, 7) is 0. The van der Waals surface area contributed by atoms with Crippen molar-refractivity contribution in [2.24, 2.45) is 5.10 Å². The first-order valence-electron chi connectivity index (χ1n) is 8.32. The number of rotatable bonds is 4. The van der Waals surface area contributed by atoms with Gasteiger partial charge in [0.2, 0.25) is 0 Å². The molecule has 1 atom stereocenters. The molecule has 1 unspecified atom stereocenters. The van der Waals surface area contributed by atoms with Crippen LogP contribution in [0.25, 0.3) is 10.8 Å². The van der Waals surface area contributed by atoms with Crippen molar-refractivity contribution in [1.29, 1.82) is 0 Å².